The van der Waals surface area contributed by atoms with Crippen molar-refractivity contribution in [3.8, 4) is 0 Å². The fourth-order valence-electron chi connectivity index (χ4n) is 3.72. The summed E-state index contributed by atoms with van der Waals surface area (Å²) in [4.78, 5) is 4.25. The van der Waals surface area contributed by atoms with Crippen molar-refractivity contribution >= 4 is 23.5 Å². The van der Waals surface area contributed by atoms with E-state index in [9.17, 15) is 0 Å². The Morgan fingerprint density at radius 2 is 1.54 bits per heavy atom. The second-order valence-electron chi connectivity index (χ2n) is 7.97. The number of nitrogens with zero attached hydrogens (tertiary/aromatic N) is 2. The molecule has 0 radical (unpaired) electrons. The third-order valence-corrected chi connectivity index (χ3v) is 9.34. The van der Waals surface area contributed by atoms with Gasteiger partial charge in [-0.1, -0.05) is 84.5 Å². The minimum Gasteiger partial charge on any atom is -0.335 e. The van der Waals surface area contributed by atoms with Gasteiger partial charge in [-0.15, -0.1) is 23.5 Å². The Morgan fingerprint density at radius 1 is 0.923 bits per heavy atom. The van der Waals surface area contributed by atoms with E-state index in [1.54, 1.807) is 0 Å². The number of rotatable bonds is 14. The van der Waals surface area contributed by atoms with Gasteiger partial charge in [0.25, 0.3) is 0 Å². The summed E-state index contributed by atoms with van der Waals surface area (Å²) in [5.74, 6) is 3.60. The average Bonchev–Trinajstić information content (AvgIpc) is 3.17. The van der Waals surface area contributed by atoms with Gasteiger partial charge in [-0.3, -0.25) is 0 Å². The molecule has 0 aromatic carbocycles. The molecule has 2 rings (SSSR count). The van der Waals surface area contributed by atoms with Crippen LogP contribution in [-0.2, 0) is 6.54 Å². The quantitative estimate of drug-likeness (QED) is 0.305. The van der Waals surface area contributed by atoms with E-state index in [2.05, 4.69) is 53.1 Å². The molecule has 2 nitrogen and oxygen atoms in total. The van der Waals surface area contributed by atoms with E-state index in [0.29, 0.717) is 4.08 Å². The molecule has 26 heavy (non-hydrogen) atoms. The van der Waals surface area contributed by atoms with Gasteiger partial charge in [-0.25, -0.2) is 4.98 Å². The number of hydrogen-bond acceptors (Lipinski definition) is 3. The maximum absolute atomic E-state index is 4.25. The zero-order chi connectivity index (χ0) is 18.5. The maximum Gasteiger partial charge on any atom is 0.0946 e. The first-order valence-corrected chi connectivity index (χ1v) is 13.0. The van der Waals surface area contributed by atoms with Gasteiger partial charge in [0.2, 0.25) is 0 Å². The van der Waals surface area contributed by atoms with Crippen LogP contribution in [0.4, 0.5) is 0 Å². The molecule has 0 atom stereocenters. The van der Waals surface area contributed by atoms with Crippen molar-refractivity contribution in [1.82, 2.24) is 9.55 Å². The standard InChI is InChI=1S/C22H40N2S2/c1-3-5-6-7-8-9-10-11-12-13-14-22(19-24-16-15-23-20-24)25-17-21(4-2)18-26-22/h15-16,20-21H,3-14,17-19H2,1-2H3. The Balaban J connectivity index is 1.64. The summed E-state index contributed by atoms with van der Waals surface area (Å²) in [7, 11) is 0. The van der Waals surface area contributed by atoms with E-state index in [1.807, 2.05) is 12.5 Å². The van der Waals surface area contributed by atoms with Crippen LogP contribution in [0.3, 0.4) is 0 Å². The molecule has 0 N–H and O–H groups in total. The predicted molar refractivity (Wildman–Crippen MR) is 120 cm³/mol. The molecule has 1 aliphatic heterocycles. The molecule has 150 valence electrons. The van der Waals surface area contributed by atoms with Gasteiger partial charge in [-0.05, 0) is 23.8 Å². The number of unbranched alkanes of at least 4 members (excludes halogenated alkanes) is 9. The molecule has 1 fully saturated rings. The molecule has 2 heterocycles. The summed E-state index contributed by atoms with van der Waals surface area (Å²) in [5.41, 5.74) is 0. The topological polar surface area (TPSA) is 17.8 Å². The van der Waals surface area contributed by atoms with Crippen LogP contribution in [0.25, 0.3) is 0 Å². The fraction of sp³-hybridized carbons (Fsp3) is 0.864. The highest BCUT2D eigenvalue weighted by atomic mass is 32.2. The monoisotopic (exact) mass is 396 g/mol. The number of hydrogen-bond donors (Lipinski definition) is 0. The predicted octanol–water partition coefficient (Wildman–Crippen LogP) is 7.40. The van der Waals surface area contributed by atoms with Crippen molar-refractivity contribution in [3.63, 3.8) is 0 Å². The lowest BCUT2D eigenvalue weighted by molar-refractivity contribution is 0.514. The zero-order valence-electron chi connectivity index (χ0n) is 17.1. The Hall–Kier alpha value is -0.0900. The molecule has 1 saturated heterocycles. The summed E-state index contributed by atoms with van der Waals surface area (Å²) < 4.78 is 2.68. The van der Waals surface area contributed by atoms with Crippen molar-refractivity contribution in [2.45, 2.75) is 102 Å². The Kier molecular flexibility index (Phi) is 11.2. The van der Waals surface area contributed by atoms with Gasteiger partial charge in [0.05, 0.1) is 10.4 Å². The molecular formula is C22H40N2S2. The van der Waals surface area contributed by atoms with Crippen LogP contribution in [0, 0.1) is 5.92 Å². The third-order valence-electron chi connectivity index (χ3n) is 5.64. The highest BCUT2D eigenvalue weighted by molar-refractivity contribution is 8.18. The molecule has 4 heteroatoms. The van der Waals surface area contributed by atoms with Crippen LogP contribution in [0.15, 0.2) is 18.7 Å². The minimum atomic E-state index is 0.381. The largest absolute Gasteiger partial charge is 0.335 e. The van der Waals surface area contributed by atoms with E-state index < -0.39 is 0 Å². The fourth-order valence-corrected chi connectivity index (χ4v) is 7.45. The van der Waals surface area contributed by atoms with Crippen LogP contribution in [0.1, 0.15) is 90.9 Å². The van der Waals surface area contributed by atoms with Gasteiger partial charge in [-0.2, -0.15) is 0 Å². The minimum absolute atomic E-state index is 0.381. The summed E-state index contributed by atoms with van der Waals surface area (Å²) in [5, 5.41) is 0. The van der Waals surface area contributed by atoms with Gasteiger partial charge in [0, 0.05) is 18.9 Å². The van der Waals surface area contributed by atoms with Crippen LogP contribution >= 0.6 is 23.5 Å². The Morgan fingerprint density at radius 3 is 2.08 bits per heavy atom. The van der Waals surface area contributed by atoms with Crippen LogP contribution in [0.5, 0.6) is 0 Å². The molecule has 1 aliphatic rings. The number of aromatic nitrogens is 2. The van der Waals surface area contributed by atoms with Gasteiger partial charge in [0.15, 0.2) is 0 Å². The van der Waals surface area contributed by atoms with Crippen molar-refractivity contribution in [3.05, 3.63) is 18.7 Å². The molecule has 0 amide bonds. The lowest BCUT2D eigenvalue weighted by atomic mass is 10.0. The smallest absolute Gasteiger partial charge is 0.0946 e. The van der Waals surface area contributed by atoms with E-state index in [-0.39, 0.29) is 0 Å². The summed E-state index contributed by atoms with van der Waals surface area (Å²) in [6, 6.07) is 0. The SMILES string of the molecule is CCCCCCCCCCCCC1(Cn2ccnc2)SCC(CC)CS1. The molecule has 0 saturated carbocycles. The maximum atomic E-state index is 4.25. The van der Waals surface area contributed by atoms with Gasteiger partial charge in [0.1, 0.15) is 0 Å². The van der Waals surface area contributed by atoms with Crippen molar-refractivity contribution in [2.24, 2.45) is 5.92 Å². The molecule has 1 aromatic rings. The zero-order valence-corrected chi connectivity index (χ0v) is 18.8. The first-order valence-electron chi connectivity index (χ1n) is 11.0. The lowest BCUT2D eigenvalue weighted by Crippen LogP contribution is -2.33. The molecular weight excluding hydrogens is 356 g/mol. The van der Waals surface area contributed by atoms with Gasteiger partial charge >= 0.3 is 0 Å². The second-order valence-corrected chi connectivity index (χ2v) is 11.0. The van der Waals surface area contributed by atoms with Crippen molar-refractivity contribution in [1.29, 1.82) is 0 Å². The van der Waals surface area contributed by atoms with E-state index in [4.69, 9.17) is 0 Å². The molecule has 0 spiro atoms. The first-order chi connectivity index (χ1) is 12.8. The summed E-state index contributed by atoms with van der Waals surface area (Å²) in [6.45, 7) is 5.76. The van der Waals surface area contributed by atoms with Crippen LogP contribution in [-0.4, -0.2) is 25.1 Å². The van der Waals surface area contributed by atoms with Crippen LogP contribution in [0.2, 0.25) is 0 Å². The first kappa shape index (κ1) is 22.2. The normalized spacial score (nSPS) is 23.4. The average molecular weight is 397 g/mol. The second kappa shape index (κ2) is 13.1. The van der Waals surface area contributed by atoms with Crippen molar-refractivity contribution < 1.29 is 0 Å². The third kappa shape index (κ3) is 8.29. The Bertz CT molecular complexity index is 439. The molecule has 0 bridgehead atoms. The summed E-state index contributed by atoms with van der Waals surface area (Å²) in [6.07, 6.45) is 23.0. The Labute approximate surface area is 170 Å². The van der Waals surface area contributed by atoms with Gasteiger partial charge < -0.3 is 4.57 Å². The summed E-state index contributed by atoms with van der Waals surface area (Å²) >= 11 is 4.47. The lowest BCUT2D eigenvalue weighted by Gasteiger charge is -2.39. The highest BCUT2D eigenvalue weighted by Gasteiger charge is 2.36. The highest BCUT2D eigenvalue weighted by Crippen LogP contribution is 2.49. The van der Waals surface area contributed by atoms with E-state index in [1.165, 1.54) is 88.6 Å². The van der Waals surface area contributed by atoms with Crippen molar-refractivity contribution in [2.75, 3.05) is 11.5 Å². The number of imidazole rings is 1. The number of thioether (sulfide) groups is 2. The van der Waals surface area contributed by atoms with E-state index >= 15 is 0 Å². The molecule has 1 aromatic heterocycles. The molecule has 0 unspecified atom stereocenters. The molecule has 0 aliphatic carbocycles. The van der Waals surface area contributed by atoms with Crippen LogP contribution < -0.4 is 0 Å². The van der Waals surface area contributed by atoms with E-state index in [0.717, 1.165) is 12.5 Å².